The summed E-state index contributed by atoms with van der Waals surface area (Å²) < 4.78 is 0. The molecule has 0 saturated heterocycles. The summed E-state index contributed by atoms with van der Waals surface area (Å²) in [6.07, 6.45) is 4.38. The minimum absolute atomic E-state index is 0.121. The molecule has 1 rings (SSSR count). The monoisotopic (exact) mass is 243 g/mol. The van der Waals surface area contributed by atoms with Gasteiger partial charge in [0.05, 0.1) is 12.4 Å². The molecule has 1 aromatic heterocycles. The number of allylic oxidation sites excluding steroid dienone is 1. The van der Waals surface area contributed by atoms with E-state index in [1.807, 2.05) is 13.8 Å². The van der Waals surface area contributed by atoms with Gasteiger partial charge in [0, 0.05) is 11.3 Å². The second-order valence-electron chi connectivity index (χ2n) is 4.05. The van der Waals surface area contributed by atoms with E-state index in [4.69, 9.17) is 10.8 Å². The van der Waals surface area contributed by atoms with E-state index in [0.29, 0.717) is 11.3 Å². The molecule has 0 fully saturated rings. The van der Waals surface area contributed by atoms with E-state index in [2.05, 4.69) is 23.4 Å². The molecule has 0 spiro atoms. The molecular formula is C13H17N5. The van der Waals surface area contributed by atoms with Crippen molar-refractivity contribution in [3.8, 4) is 0 Å². The van der Waals surface area contributed by atoms with Crippen LogP contribution in [0.2, 0.25) is 0 Å². The van der Waals surface area contributed by atoms with Crippen molar-refractivity contribution in [2.24, 2.45) is 5.92 Å². The van der Waals surface area contributed by atoms with Gasteiger partial charge in [-0.25, -0.2) is 0 Å². The zero-order chi connectivity index (χ0) is 13.7. The Morgan fingerprint density at radius 1 is 1.39 bits per heavy atom. The number of rotatable bonds is 4. The van der Waals surface area contributed by atoms with Crippen molar-refractivity contribution in [1.82, 2.24) is 15.1 Å². The molecule has 18 heavy (non-hydrogen) atoms. The zero-order valence-corrected chi connectivity index (χ0v) is 10.6. The van der Waals surface area contributed by atoms with Crippen LogP contribution < -0.4 is 0 Å². The third-order valence-corrected chi connectivity index (χ3v) is 2.47. The maximum absolute atomic E-state index is 8.15. The van der Waals surface area contributed by atoms with Gasteiger partial charge in [0.2, 0.25) is 0 Å². The molecule has 1 heterocycles. The summed E-state index contributed by atoms with van der Waals surface area (Å²) in [5.41, 5.74) is 1.25. The van der Waals surface area contributed by atoms with Crippen LogP contribution in [-0.4, -0.2) is 26.8 Å². The lowest BCUT2D eigenvalue weighted by Crippen LogP contribution is -2.36. The molecule has 0 bridgehead atoms. The summed E-state index contributed by atoms with van der Waals surface area (Å²) in [4.78, 5) is 1.45. The first-order chi connectivity index (χ1) is 8.49. The maximum Gasteiger partial charge on any atom is 0.139 e. The van der Waals surface area contributed by atoms with Gasteiger partial charge in [0.1, 0.15) is 11.7 Å². The van der Waals surface area contributed by atoms with Gasteiger partial charge in [-0.15, -0.1) is 0 Å². The largest absolute Gasteiger partial charge is 0.284 e. The summed E-state index contributed by atoms with van der Waals surface area (Å²) in [6, 6.07) is 1.67. The molecule has 0 aromatic carbocycles. The lowest BCUT2D eigenvalue weighted by molar-refractivity contribution is 0.600. The normalized spacial score (nSPS) is 9.94. The lowest BCUT2D eigenvalue weighted by atomic mass is 10.1. The highest BCUT2D eigenvalue weighted by Gasteiger charge is 2.20. The Bertz CT molecular complexity index is 475. The van der Waals surface area contributed by atoms with Crippen LogP contribution in [0.1, 0.15) is 19.4 Å². The topological polar surface area (TPSA) is 76.7 Å². The molecular weight excluding hydrogens is 226 g/mol. The third-order valence-electron chi connectivity index (χ3n) is 2.47. The summed E-state index contributed by atoms with van der Waals surface area (Å²) in [7, 11) is 0. The minimum Gasteiger partial charge on any atom is -0.284 e. The Hall–Kier alpha value is -2.30. The average molecular weight is 243 g/mol. The first-order valence-corrected chi connectivity index (χ1v) is 5.54. The second-order valence-corrected chi connectivity index (χ2v) is 4.05. The van der Waals surface area contributed by atoms with Gasteiger partial charge in [-0.3, -0.25) is 15.7 Å². The van der Waals surface area contributed by atoms with E-state index in [-0.39, 0.29) is 17.6 Å². The molecule has 0 aliphatic rings. The molecule has 0 radical (unpaired) electrons. The summed E-state index contributed by atoms with van der Waals surface area (Å²) >= 11 is 0. The van der Waals surface area contributed by atoms with Crippen molar-refractivity contribution in [3.63, 3.8) is 0 Å². The smallest absolute Gasteiger partial charge is 0.139 e. The number of hydrogen-bond acceptors (Lipinski definition) is 4. The van der Waals surface area contributed by atoms with Crippen molar-refractivity contribution in [2.75, 3.05) is 0 Å². The van der Waals surface area contributed by atoms with Crippen LogP contribution in [0.5, 0.6) is 0 Å². The second kappa shape index (κ2) is 5.86. The molecule has 2 N–H and O–H groups in total. The fraction of sp³-hybridized carbons (Fsp3) is 0.231. The van der Waals surface area contributed by atoms with E-state index in [9.17, 15) is 0 Å². The van der Waals surface area contributed by atoms with E-state index < -0.39 is 0 Å². The minimum atomic E-state index is 0.121. The Morgan fingerprint density at radius 2 is 2.06 bits per heavy atom. The number of hydrogen-bond donors (Lipinski definition) is 2. The molecule has 0 aliphatic heterocycles. The van der Waals surface area contributed by atoms with Gasteiger partial charge in [0.15, 0.2) is 0 Å². The van der Waals surface area contributed by atoms with Crippen molar-refractivity contribution in [2.45, 2.75) is 13.8 Å². The molecule has 0 unspecified atom stereocenters. The van der Waals surface area contributed by atoms with Gasteiger partial charge >= 0.3 is 0 Å². The van der Waals surface area contributed by atoms with Gasteiger partial charge in [-0.05, 0) is 18.1 Å². The summed E-state index contributed by atoms with van der Waals surface area (Å²) in [6.45, 7) is 11.4. The Balaban J connectivity index is 3.12. The molecule has 0 amide bonds. The number of nitrogens with one attached hydrogen (secondary N) is 2. The first kappa shape index (κ1) is 13.8. The molecule has 5 nitrogen and oxygen atoms in total. The highest BCUT2D eigenvalue weighted by molar-refractivity contribution is 6.11. The lowest BCUT2D eigenvalue weighted by Gasteiger charge is -2.28. The SMILES string of the molecule is C=CC(=N)N(C(=C)C(C)C)C(=N)c1ccnnc1. The molecule has 5 heteroatoms. The van der Waals surface area contributed by atoms with E-state index in [0.717, 1.165) is 0 Å². The summed E-state index contributed by atoms with van der Waals surface area (Å²) in [5, 5.41) is 23.4. The number of aromatic nitrogens is 2. The van der Waals surface area contributed by atoms with E-state index >= 15 is 0 Å². The van der Waals surface area contributed by atoms with Crippen LogP contribution in [0.25, 0.3) is 0 Å². The van der Waals surface area contributed by atoms with Crippen LogP contribution in [-0.2, 0) is 0 Å². The van der Waals surface area contributed by atoms with Crippen molar-refractivity contribution < 1.29 is 0 Å². The van der Waals surface area contributed by atoms with Gasteiger partial charge in [0.25, 0.3) is 0 Å². The standard InChI is InChI=1S/C13H17N5/c1-5-12(14)18(10(4)9(2)3)13(15)11-6-7-16-17-8-11/h5-9,14-15H,1,4H2,2-3H3. The molecule has 0 saturated carbocycles. The van der Waals surface area contributed by atoms with Gasteiger partial charge < -0.3 is 0 Å². The van der Waals surface area contributed by atoms with Crippen LogP contribution in [0.3, 0.4) is 0 Å². The first-order valence-electron chi connectivity index (χ1n) is 5.54. The predicted octanol–water partition coefficient (Wildman–Crippen LogP) is 2.44. The predicted molar refractivity (Wildman–Crippen MR) is 72.6 cm³/mol. The molecule has 1 aromatic rings. The Labute approximate surface area is 107 Å². The van der Waals surface area contributed by atoms with Crippen LogP contribution >= 0.6 is 0 Å². The van der Waals surface area contributed by atoms with Gasteiger partial charge in [-0.2, -0.15) is 10.2 Å². The van der Waals surface area contributed by atoms with Crippen LogP contribution in [0, 0.1) is 16.7 Å². The molecule has 0 atom stereocenters. The molecule has 0 aliphatic carbocycles. The Kier molecular flexibility index (Phi) is 4.48. The maximum atomic E-state index is 8.15. The van der Waals surface area contributed by atoms with E-state index in [1.165, 1.54) is 23.4 Å². The highest BCUT2D eigenvalue weighted by atomic mass is 15.2. The molecule has 94 valence electrons. The van der Waals surface area contributed by atoms with Crippen molar-refractivity contribution >= 4 is 11.7 Å². The average Bonchev–Trinajstić information content (AvgIpc) is 2.39. The summed E-state index contributed by atoms with van der Waals surface area (Å²) in [5.74, 6) is 0.393. The fourth-order valence-electron chi connectivity index (χ4n) is 1.33. The van der Waals surface area contributed by atoms with Crippen LogP contribution in [0.4, 0.5) is 0 Å². The van der Waals surface area contributed by atoms with Crippen LogP contribution in [0.15, 0.2) is 43.4 Å². The fourth-order valence-corrected chi connectivity index (χ4v) is 1.33. The van der Waals surface area contributed by atoms with Crippen molar-refractivity contribution in [3.05, 3.63) is 49.0 Å². The van der Waals surface area contributed by atoms with Crippen molar-refractivity contribution in [1.29, 1.82) is 10.8 Å². The highest BCUT2D eigenvalue weighted by Crippen LogP contribution is 2.17. The number of amidine groups is 2. The van der Waals surface area contributed by atoms with E-state index in [1.54, 1.807) is 6.07 Å². The quantitative estimate of drug-likeness (QED) is 0.630. The third kappa shape index (κ3) is 2.88. The Morgan fingerprint density at radius 3 is 2.50 bits per heavy atom. The number of nitrogens with zero attached hydrogens (tertiary/aromatic N) is 3. The zero-order valence-electron chi connectivity index (χ0n) is 10.6. The van der Waals surface area contributed by atoms with Gasteiger partial charge in [-0.1, -0.05) is 27.0 Å².